The monoisotopic (exact) mass is 751 g/mol. The first-order valence-corrected chi connectivity index (χ1v) is 18.1. The SMILES string of the molecule is CCCCOC(=O)c1ccc(NC(=O)C(Sc2cccc(NC(=O)/C(=C\c3cccc(Cl)c3Cl)NC(=O)c3ccccc3)c2)c2ccccc2)cc1. The van der Waals surface area contributed by atoms with Crippen molar-refractivity contribution in [3.05, 3.63) is 165 Å². The minimum Gasteiger partial charge on any atom is -0.462 e. The van der Waals surface area contributed by atoms with Crippen LogP contribution in [0.1, 0.15) is 56.9 Å². The molecule has 0 spiro atoms. The Hall–Kier alpha value is -5.35. The van der Waals surface area contributed by atoms with Gasteiger partial charge in [0.15, 0.2) is 0 Å². The minimum absolute atomic E-state index is 0.0575. The summed E-state index contributed by atoms with van der Waals surface area (Å²) in [5.41, 5.74) is 2.86. The fraction of sp³-hybridized carbons (Fsp3) is 0.122. The molecule has 3 N–H and O–H groups in total. The number of hydrogen-bond acceptors (Lipinski definition) is 6. The standard InChI is InChI=1S/C41H35Cl2N3O5S/c1-2-3-24-51-41(50)29-20-22-31(23-21-29)44-40(49)37(27-12-6-4-7-13-27)52-33-18-11-17-32(26-33)45-39(48)35(25-30-16-10-19-34(42)36(30)43)46-38(47)28-14-8-5-9-15-28/h4-23,25-26,37H,2-3,24H2,1H3,(H,44,49)(H,45,48)(H,46,47)/b35-25+. The normalized spacial score (nSPS) is 11.6. The minimum atomic E-state index is -0.670. The van der Waals surface area contributed by atoms with Gasteiger partial charge in [0.1, 0.15) is 10.9 Å². The number of thioether (sulfide) groups is 1. The topological polar surface area (TPSA) is 114 Å². The molecule has 0 radical (unpaired) electrons. The summed E-state index contributed by atoms with van der Waals surface area (Å²) >= 11 is 13.9. The number of carbonyl (C=O) groups is 4. The molecule has 11 heteroatoms. The first-order valence-electron chi connectivity index (χ1n) is 16.4. The molecule has 0 bridgehead atoms. The molecule has 5 aromatic rings. The van der Waals surface area contributed by atoms with Gasteiger partial charge in [0.25, 0.3) is 11.8 Å². The van der Waals surface area contributed by atoms with Gasteiger partial charge in [0.05, 0.1) is 22.2 Å². The summed E-state index contributed by atoms with van der Waals surface area (Å²) in [4.78, 5) is 53.6. The van der Waals surface area contributed by atoms with E-state index in [1.807, 2.05) is 43.3 Å². The molecule has 264 valence electrons. The van der Waals surface area contributed by atoms with Crippen LogP contribution in [0, 0.1) is 0 Å². The van der Waals surface area contributed by atoms with Gasteiger partial charge in [-0.25, -0.2) is 4.79 Å². The lowest BCUT2D eigenvalue weighted by molar-refractivity contribution is -0.116. The molecule has 0 aliphatic heterocycles. The quantitative estimate of drug-likeness (QED) is 0.0451. The van der Waals surface area contributed by atoms with E-state index in [9.17, 15) is 19.2 Å². The van der Waals surface area contributed by atoms with Gasteiger partial charge in [-0.2, -0.15) is 0 Å². The molecule has 5 rings (SSSR count). The maximum Gasteiger partial charge on any atom is 0.338 e. The lowest BCUT2D eigenvalue weighted by Crippen LogP contribution is -2.30. The molecule has 0 aliphatic carbocycles. The van der Waals surface area contributed by atoms with Gasteiger partial charge in [-0.1, -0.05) is 103 Å². The molecule has 0 fully saturated rings. The van der Waals surface area contributed by atoms with E-state index in [-0.39, 0.29) is 16.6 Å². The number of benzene rings is 5. The lowest BCUT2D eigenvalue weighted by Gasteiger charge is -2.18. The molecule has 8 nitrogen and oxygen atoms in total. The van der Waals surface area contributed by atoms with Gasteiger partial charge in [-0.15, -0.1) is 11.8 Å². The van der Waals surface area contributed by atoms with E-state index in [0.717, 1.165) is 18.4 Å². The van der Waals surface area contributed by atoms with Gasteiger partial charge in [-0.05, 0) is 84.3 Å². The van der Waals surface area contributed by atoms with Gasteiger partial charge >= 0.3 is 5.97 Å². The summed E-state index contributed by atoms with van der Waals surface area (Å²) < 4.78 is 5.28. The van der Waals surface area contributed by atoms with Crippen molar-refractivity contribution in [2.24, 2.45) is 0 Å². The summed E-state index contributed by atoms with van der Waals surface area (Å²) in [5, 5.41) is 8.37. The van der Waals surface area contributed by atoms with Crippen LogP contribution in [0.2, 0.25) is 10.0 Å². The van der Waals surface area contributed by atoms with E-state index < -0.39 is 23.0 Å². The van der Waals surface area contributed by atoms with Gasteiger partial charge in [0, 0.05) is 21.8 Å². The fourth-order valence-corrected chi connectivity index (χ4v) is 6.35. The second-order valence-corrected chi connectivity index (χ2v) is 13.4. The number of unbranched alkanes of at least 4 members (excludes halogenated alkanes) is 1. The van der Waals surface area contributed by atoms with Crippen molar-refractivity contribution in [3.8, 4) is 0 Å². The van der Waals surface area contributed by atoms with Crippen molar-refractivity contribution in [2.45, 2.75) is 29.9 Å². The van der Waals surface area contributed by atoms with Crippen LogP contribution in [0.25, 0.3) is 6.08 Å². The first-order chi connectivity index (χ1) is 25.2. The summed E-state index contributed by atoms with van der Waals surface area (Å²) in [6, 6.07) is 36.4. The largest absolute Gasteiger partial charge is 0.462 e. The molecule has 1 atom stereocenters. The molecule has 0 heterocycles. The van der Waals surface area contributed by atoms with Crippen molar-refractivity contribution in [3.63, 3.8) is 0 Å². The van der Waals surface area contributed by atoms with E-state index in [1.165, 1.54) is 17.8 Å². The van der Waals surface area contributed by atoms with Gasteiger partial charge in [-0.3, -0.25) is 14.4 Å². The molecule has 52 heavy (non-hydrogen) atoms. The smallest absolute Gasteiger partial charge is 0.338 e. The van der Waals surface area contributed by atoms with Gasteiger partial charge in [0.2, 0.25) is 5.91 Å². The number of hydrogen-bond donors (Lipinski definition) is 3. The lowest BCUT2D eigenvalue weighted by atomic mass is 10.1. The van der Waals surface area contributed by atoms with Crippen molar-refractivity contribution in [1.29, 1.82) is 0 Å². The maximum atomic E-state index is 13.7. The highest BCUT2D eigenvalue weighted by atomic mass is 35.5. The third-order valence-electron chi connectivity index (χ3n) is 7.62. The summed E-state index contributed by atoms with van der Waals surface area (Å²) in [6.45, 7) is 2.38. The van der Waals surface area contributed by atoms with Crippen molar-refractivity contribution < 1.29 is 23.9 Å². The summed E-state index contributed by atoms with van der Waals surface area (Å²) in [6.07, 6.45) is 3.17. The third kappa shape index (κ3) is 10.6. The second-order valence-electron chi connectivity index (χ2n) is 11.5. The van der Waals surface area contributed by atoms with Crippen LogP contribution in [-0.4, -0.2) is 30.3 Å². The van der Waals surface area contributed by atoms with E-state index >= 15 is 0 Å². The number of rotatable bonds is 14. The highest BCUT2D eigenvalue weighted by molar-refractivity contribution is 8.00. The van der Waals surface area contributed by atoms with Crippen molar-refractivity contribution >= 4 is 76.1 Å². The fourth-order valence-electron chi connectivity index (χ4n) is 4.90. The van der Waals surface area contributed by atoms with Crippen molar-refractivity contribution in [1.82, 2.24) is 5.32 Å². The predicted molar refractivity (Wildman–Crippen MR) is 209 cm³/mol. The van der Waals surface area contributed by atoms with Crippen LogP contribution in [0.3, 0.4) is 0 Å². The molecule has 0 saturated carbocycles. The number of ether oxygens (including phenoxy) is 1. The number of esters is 1. The average molecular weight is 753 g/mol. The van der Waals surface area contributed by atoms with E-state index in [4.69, 9.17) is 27.9 Å². The summed E-state index contributed by atoms with van der Waals surface area (Å²) in [7, 11) is 0. The number of carbonyl (C=O) groups excluding carboxylic acids is 4. The maximum absolute atomic E-state index is 13.7. The number of amides is 3. The predicted octanol–water partition coefficient (Wildman–Crippen LogP) is 9.83. The Balaban J connectivity index is 1.34. The second kappa shape index (κ2) is 18.8. The Labute approximate surface area is 316 Å². The number of nitrogens with one attached hydrogen (secondary N) is 3. The molecule has 5 aromatic carbocycles. The highest BCUT2D eigenvalue weighted by Gasteiger charge is 2.23. The average Bonchev–Trinajstić information content (AvgIpc) is 3.16. The zero-order chi connectivity index (χ0) is 36.9. The molecule has 0 saturated heterocycles. The highest BCUT2D eigenvalue weighted by Crippen LogP contribution is 2.37. The van der Waals surface area contributed by atoms with E-state index in [1.54, 1.807) is 91.0 Å². The summed E-state index contributed by atoms with van der Waals surface area (Å²) in [5.74, 6) is -1.78. The van der Waals surface area contributed by atoms with E-state index in [2.05, 4.69) is 16.0 Å². The number of anilines is 2. The van der Waals surface area contributed by atoms with Gasteiger partial charge < -0.3 is 20.7 Å². The molecule has 1 unspecified atom stereocenters. The van der Waals surface area contributed by atoms with Crippen LogP contribution in [0.5, 0.6) is 0 Å². The zero-order valence-corrected chi connectivity index (χ0v) is 30.4. The Morgan fingerprint density at radius 3 is 2.15 bits per heavy atom. The molecular formula is C41H35Cl2N3O5S. The molecule has 3 amide bonds. The zero-order valence-electron chi connectivity index (χ0n) is 28.1. The Morgan fingerprint density at radius 1 is 0.750 bits per heavy atom. The van der Waals surface area contributed by atoms with Crippen LogP contribution >= 0.6 is 35.0 Å². The molecule has 0 aliphatic rings. The van der Waals surface area contributed by atoms with Crippen LogP contribution in [0.15, 0.2) is 138 Å². The number of halogens is 2. The van der Waals surface area contributed by atoms with Crippen molar-refractivity contribution in [2.75, 3.05) is 17.2 Å². The third-order valence-corrected chi connectivity index (χ3v) is 9.70. The molecular weight excluding hydrogens is 717 g/mol. The Kier molecular flexibility index (Phi) is 13.7. The Morgan fingerprint density at radius 2 is 1.44 bits per heavy atom. The first kappa shape index (κ1) is 37.9. The van der Waals surface area contributed by atoms with Crippen LogP contribution in [-0.2, 0) is 14.3 Å². The molecule has 0 aromatic heterocycles. The Bertz CT molecular complexity index is 2060. The van der Waals surface area contributed by atoms with Crippen LogP contribution < -0.4 is 16.0 Å². The van der Waals surface area contributed by atoms with Crippen LogP contribution in [0.4, 0.5) is 11.4 Å². The van der Waals surface area contributed by atoms with E-state index in [0.29, 0.717) is 44.6 Å².